The summed E-state index contributed by atoms with van der Waals surface area (Å²) < 4.78 is 0. The fraction of sp³-hybridized carbons (Fsp3) is 0.846. The van der Waals surface area contributed by atoms with Crippen LogP contribution in [0.1, 0.15) is 70.6 Å². The van der Waals surface area contributed by atoms with Gasteiger partial charge in [0.05, 0.1) is 11.7 Å². The first kappa shape index (κ1) is 23.6. The van der Waals surface area contributed by atoms with Gasteiger partial charge in [-0.15, -0.1) is 24.8 Å². The van der Waals surface area contributed by atoms with Crippen LogP contribution >= 0.6 is 24.8 Å². The van der Waals surface area contributed by atoms with Gasteiger partial charge in [0.2, 0.25) is 0 Å². The fourth-order valence-electron chi connectivity index (χ4n) is 1.87. The zero-order valence-corrected chi connectivity index (χ0v) is 13.4. The highest BCUT2D eigenvalue weighted by Crippen LogP contribution is 2.11. The van der Waals surface area contributed by atoms with Crippen molar-refractivity contribution in [2.24, 2.45) is 11.5 Å². The second-order valence-corrected chi connectivity index (χ2v) is 4.73. The lowest BCUT2D eigenvalue weighted by molar-refractivity contribution is 0.564. The molecular weight excluding hydrogens is 283 g/mol. The predicted molar refractivity (Wildman–Crippen MR) is 89.1 cm³/mol. The highest BCUT2D eigenvalue weighted by molar-refractivity contribution is 5.85. The van der Waals surface area contributed by atoms with Crippen LogP contribution in [0.3, 0.4) is 0 Å². The Kier molecular flexibility index (Phi) is 21.8. The summed E-state index contributed by atoms with van der Waals surface area (Å²) in [4.78, 5) is 0. The van der Waals surface area contributed by atoms with Gasteiger partial charge in [0.1, 0.15) is 0 Å². The van der Waals surface area contributed by atoms with Crippen LogP contribution in [-0.2, 0) is 0 Å². The Morgan fingerprint density at radius 1 is 0.526 bits per heavy atom. The van der Waals surface area contributed by atoms with Gasteiger partial charge in [-0.1, -0.05) is 44.9 Å². The molecular formula is C13H30Cl2N4. The predicted octanol–water partition coefficient (Wildman–Crippen LogP) is 3.99. The summed E-state index contributed by atoms with van der Waals surface area (Å²) in [6.45, 7) is 0. The molecule has 116 valence electrons. The molecule has 0 aliphatic rings. The number of nitrogens with two attached hydrogens (primary N) is 2. The van der Waals surface area contributed by atoms with Gasteiger partial charge in [0, 0.05) is 12.8 Å². The molecule has 6 heteroatoms. The standard InChI is InChI=1S/C13H28N4.2ClH/c14-12(15)10-8-6-4-2-1-3-5-7-9-11-13(16)17;;/h1-11H2,(H3,14,15)(H3,16,17);2*1H. The van der Waals surface area contributed by atoms with Crippen molar-refractivity contribution in [3.8, 4) is 0 Å². The molecule has 0 atom stereocenters. The minimum atomic E-state index is 0. The van der Waals surface area contributed by atoms with Crippen LogP contribution in [0.2, 0.25) is 0 Å². The summed E-state index contributed by atoms with van der Waals surface area (Å²) >= 11 is 0. The van der Waals surface area contributed by atoms with E-state index >= 15 is 0 Å². The third-order valence-electron chi connectivity index (χ3n) is 2.89. The van der Waals surface area contributed by atoms with E-state index in [1.165, 1.54) is 44.9 Å². The zero-order chi connectivity index (χ0) is 12.9. The van der Waals surface area contributed by atoms with Crippen LogP contribution < -0.4 is 11.5 Å². The zero-order valence-electron chi connectivity index (χ0n) is 11.7. The second-order valence-electron chi connectivity index (χ2n) is 4.73. The molecule has 0 saturated heterocycles. The largest absolute Gasteiger partial charge is 0.388 e. The Labute approximate surface area is 129 Å². The maximum Gasteiger partial charge on any atom is 0.0905 e. The molecule has 0 aromatic carbocycles. The van der Waals surface area contributed by atoms with Gasteiger partial charge in [-0.3, -0.25) is 10.8 Å². The van der Waals surface area contributed by atoms with Crippen molar-refractivity contribution in [1.29, 1.82) is 10.8 Å². The SMILES string of the molecule is Cl.Cl.N=C(N)CCCCCCCCCCCC(=N)N. The van der Waals surface area contributed by atoms with Gasteiger partial charge in [-0.25, -0.2) is 0 Å². The van der Waals surface area contributed by atoms with Gasteiger partial charge in [0.25, 0.3) is 0 Å². The fourth-order valence-corrected chi connectivity index (χ4v) is 1.87. The van der Waals surface area contributed by atoms with Crippen molar-refractivity contribution in [2.45, 2.75) is 70.6 Å². The molecule has 0 fully saturated rings. The van der Waals surface area contributed by atoms with E-state index in [1.54, 1.807) is 0 Å². The van der Waals surface area contributed by atoms with E-state index in [2.05, 4.69) is 0 Å². The molecule has 0 spiro atoms. The molecule has 0 rings (SSSR count). The number of rotatable bonds is 12. The molecule has 0 aliphatic carbocycles. The molecule has 0 aromatic heterocycles. The normalized spacial score (nSPS) is 9.26. The molecule has 0 radical (unpaired) electrons. The quantitative estimate of drug-likeness (QED) is 0.249. The third kappa shape index (κ3) is 23.1. The summed E-state index contributed by atoms with van der Waals surface area (Å²) in [7, 11) is 0. The Morgan fingerprint density at radius 2 is 0.737 bits per heavy atom. The highest BCUT2D eigenvalue weighted by atomic mass is 35.5. The monoisotopic (exact) mass is 312 g/mol. The van der Waals surface area contributed by atoms with Gasteiger partial charge >= 0.3 is 0 Å². The average Bonchev–Trinajstić information content (AvgIpc) is 2.25. The summed E-state index contributed by atoms with van der Waals surface area (Å²) in [6.07, 6.45) is 12.5. The Hall–Kier alpha value is -0.480. The lowest BCUT2D eigenvalue weighted by Crippen LogP contribution is -2.08. The van der Waals surface area contributed by atoms with Crippen molar-refractivity contribution in [2.75, 3.05) is 0 Å². The summed E-state index contributed by atoms with van der Waals surface area (Å²) in [5.74, 6) is 0.631. The molecule has 0 bridgehead atoms. The van der Waals surface area contributed by atoms with Crippen LogP contribution in [0.5, 0.6) is 0 Å². The molecule has 4 nitrogen and oxygen atoms in total. The van der Waals surface area contributed by atoms with Gasteiger partial charge in [-0.2, -0.15) is 0 Å². The van der Waals surface area contributed by atoms with E-state index in [1.807, 2.05) is 0 Å². The highest BCUT2D eigenvalue weighted by Gasteiger charge is 1.94. The smallest absolute Gasteiger partial charge is 0.0905 e. The lowest BCUT2D eigenvalue weighted by atomic mass is 10.1. The maximum absolute atomic E-state index is 7.09. The number of hydrogen-bond acceptors (Lipinski definition) is 2. The van der Waals surface area contributed by atoms with Crippen LogP contribution in [0, 0.1) is 10.8 Å². The molecule has 0 unspecified atom stereocenters. The summed E-state index contributed by atoms with van der Waals surface area (Å²) in [5, 5.41) is 14.2. The average molecular weight is 313 g/mol. The topological polar surface area (TPSA) is 99.7 Å². The van der Waals surface area contributed by atoms with E-state index in [-0.39, 0.29) is 24.8 Å². The van der Waals surface area contributed by atoms with Crippen molar-refractivity contribution in [3.63, 3.8) is 0 Å². The van der Waals surface area contributed by atoms with E-state index in [9.17, 15) is 0 Å². The van der Waals surface area contributed by atoms with Crippen molar-refractivity contribution >= 4 is 36.5 Å². The number of amidine groups is 2. The number of hydrogen-bond donors (Lipinski definition) is 4. The van der Waals surface area contributed by atoms with E-state index in [0.717, 1.165) is 25.7 Å². The Balaban J connectivity index is -0.00000128. The molecule has 0 amide bonds. The molecule has 19 heavy (non-hydrogen) atoms. The van der Waals surface area contributed by atoms with E-state index < -0.39 is 0 Å². The number of halogens is 2. The Morgan fingerprint density at radius 3 is 0.947 bits per heavy atom. The van der Waals surface area contributed by atoms with E-state index in [4.69, 9.17) is 22.3 Å². The molecule has 0 aliphatic heterocycles. The minimum absolute atomic E-state index is 0. The van der Waals surface area contributed by atoms with Crippen LogP contribution in [-0.4, -0.2) is 11.7 Å². The van der Waals surface area contributed by atoms with Crippen LogP contribution in [0.25, 0.3) is 0 Å². The minimum Gasteiger partial charge on any atom is -0.388 e. The molecule has 0 saturated carbocycles. The van der Waals surface area contributed by atoms with Crippen LogP contribution in [0.4, 0.5) is 0 Å². The van der Waals surface area contributed by atoms with Crippen molar-refractivity contribution in [1.82, 2.24) is 0 Å². The second kappa shape index (κ2) is 17.5. The summed E-state index contributed by atoms with van der Waals surface area (Å²) in [5.41, 5.74) is 10.6. The van der Waals surface area contributed by atoms with E-state index in [0.29, 0.717) is 11.7 Å². The first-order valence-corrected chi connectivity index (χ1v) is 6.78. The van der Waals surface area contributed by atoms with Crippen molar-refractivity contribution < 1.29 is 0 Å². The lowest BCUT2D eigenvalue weighted by Gasteiger charge is -2.02. The first-order valence-electron chi connectivity index (χ1n) is 6.78. The molecule has 6 N–H and O–H groups in total. The Bertz CT molecular complexity index is 201. The third-order valence-corrected chi connectivity index (χ3v) is 2.89. The van der Waals surface area contributed by atoms with Gasteiger partial charge in [0.15, 0.2) is 0 Å². The van der Waals surface area contributed by atoms with Crippen LogP contribution in [0.15, 0.2) is 0 Å². The van der Waals surface area contributed by atoms with Gasteiger partial charge < -0.3 is 11.5 Å². The molecule has 0 heterocycles. The van der Waals surface area contributed by atoms with Gasteiger partial charge in [-0.05, 0) is 12.8 Å². The van der Waals surface area contributed by atoms with Crippen molar-refractivity contribution in [3.05, 3.63) is 0 Å². The number of unbranched alkanes of at least 4 members (excludes halogenated alkanes) is 8. The summed E-state index contributed by atoms with van der Waals surface area (Å²) in [6, 6.07) is 0. The maximum atomic E-state index is 7.09. The number of nitrogens with one attached hydrogen (secondary N) is 2. The molecule has 0 aromatic rings. The first-order chi connectivity index (χ1) is 8.13.